The number of halogens is 1. The van der Waals surface area contributed by atoms with Crippen LogP contribution in [0, 0.1) is 11.2 Å². The van der Waals surface area contributed by atoms with Crippen molar-refractivity contribution in [3.05, 3.63) is 60.2 Å². The Morgan fingerprint density at radius 2 is 1.96 bits per heavy atom. The van der Waals surface area contributed by atoms with E-state index in [0.717, 1.165) is 5.56 Å². The highest BCUT2D eigenvalue weighted by molar-refractivity contribution is 6.12. The maximum absolute atomic E-state index is 13.2. The highest BCUT2D eigenvalue weighted by Crippen LogP contribution is 2.48. The highest BCUT2D eigenvalue weighted by atomic mass is 19.1. The molecular weight excluding hydrogens is 321 g/mol. The lowest BCUT2D eigenvalue weighted by atomic mass is 10.0. The van der Waals surface area contributed by atoms with Crippen LogP contribution in [-0.4, -0.2) is 35.3 Å². The van der Waals surface area contributed by atoms with Crippen LogP contribution in [0.2, 0.25) is 0 Å². The van der Waals surface area contributed by atoms with Crippen molar-refractivity contribution in [1.29, 1.82) is 0 Å². The van der Waals surface area contributed by atoms with Gasteiger partial charge in [0.2, 0.25) is 11.8 Å². The summed E-state index contributed by atoms with van der Waals surface area (Å²) in [6, 6.07) is 9.48. The van der Waals surface area contributed by atoms with Crippen molar-refractivity contribution in [3.8, 4) is 0 Å². The molecule has 0 aliphatic heterocycles. The molecule has 1 heterocycles. The molecule has 0 saturated heterocycles. The predicted molar refractivity (Wildman–Crippen MR) is 92.3 cm³/mol. The Morgan fingerprint density at radius 1 is 1.24 bits per heavy atom. The normalized spacial score (nSPS) is 14.6. The molecule has 1 N–H and O–H groups in total. The summed E-state index contributed by atoms with van der Waals surface area (Å²) in [4.78, 5) is 30.8. The first-order valence-electron chi connectivity index (χ1n) is 8.23. The molecule has 5 nitrogen and oxygen atoms in total. The van der Waals surface area contributed by atoms with E-state index in [9.17, 15) is 14.0 Å². The van der Waals surface area contributed by atoms with Crippen LogP contribution >= 0.6 is 0 Å². The summed E-state index contributed by atoms with van der Waals surface area (Å²) in [6.45, 7) is 0.526. The summed E-state index contributed by atoms with van der Waals surface area (Å²) < 4.78 is 13.2. The minimum atomic E-state index is -1.01. The first kappa shape index (κ1) is 17.1. The first-order chi connectivity index (χ1) is 12.0. The van der Waals surface area contributed by atoms with E-state index in [1.807, 2.05) is 12.1 Å². The van der Waals surface area contributed by atoms with Gasteiger partial charge in [-0.1, -0.05) is 6.07 Å². The van der Waals surface area contributed by atoms with E-state index < -0.39 is 11.2 Å². The topological polar surface area (TPSA) is 62.3 Å². The van der Waals surface area contributed by atoms with Crippen LogP contribution in [0.3, 0.4) is 0 Å². The van der Waals surface area contributed by atoms with Gasteiger partial charge in [0.1, 0.15) is 11.2 Å². The average Bonchev–Trinajstić information content (AvgIpc) is 3.42. The van der Waals surface area contributed by atoms with Crippen LogP contribution < -0.4 is 5.32 Å². The molecule has 1 saturated carbocycles. The van der Waals surface area contributed by atoms with Gasteiger partial charge in [0.05, 0.1) is 0 Å². The van der Waals surface area contributed by atoms with E-state index >= 15 is 0 Å². The van der Waals surface area contributed by atoms with Crippen LogP contribution in [0.25, 0.3) is 0 Å². The number of carbonyl (C=O) groups is 2. The van der Waals surface area contributed by atoms with Gasteiger partial charge in [-0.25, -0.2) is 4.39 Å². The number of benzene rings is 1. The van der Waals surface area contributed by atoms with E-state index in [1.165, 1.54) is 18.2 Å². The van der Waals surface area contributed by atoms with Crippen LogP contribution in [0.5, 0.6) is 0 Å². The molecule has 1 fully saturated rings. The SMILES string of the molecule is CN(CCc1ccncc1)C(=O)C1(C(=O)Nc2cccc(F)c2)CC1. The number of amides is 2. The quantitative estimate of drug-likeness (QED) is 0.822. The maximum atomic E-state index is 13.2. The number of anilines is 1. The van der Waals surface area contributed by atoms with E-state index in [2.05, 4.69) is 10.3 Å². The Balaban J connectivity index is 1.61. The molecule has 0 bridgehead atoms. The Bertz CT molecular complexity index is 775. The van der Waals surface area contributed by atoms with Crippen molar-refractivity contribution >= 4 is 17.5 Å². The minimum Gasteiger partial charge on any atom is -0.344 e. The molecule has 130 valence electrons. The average molecular weight is 341 g/mol. The van der Waals surface area contributed by atoms with Crippen molar-refractivity contribution in [3.63, 3.8) is 0 Å². The van der Waals surface area contributed by atoms with Crippen LogP contribution in [-0.2, 0) is 16.0 Å². The van der Waals surface area contributed by atoms with Gasteiger partial charge in [0.15, 0.2) is 0 Å². The first-order valence-corrected chi connectivity index (χ1v) is 8.23. The van der Waals surface area contributed by atoms with Crippen molar-refractivity contribution in [2.75, 3.05) is 18.9 Å². The minimum absolute atomic E-state index is 0.185. The molecule has 1 aliphatic carbocycles. The molecule has 0 spiro atoms. The van der Waals surface area contributed by atoms with Gasteiger partial charge in [0.25, 0.3) is 0 Å². The number of carbonyl (C=O) groups excluding carboxylic acids is 2. The van der Waals surface area contributed by atoms with Gasteiger partial charge in [-0.2, -0.15) is 0 Å². The number of pyridine rings is 1. The maximum Gasteiger partial charge on any atom is 0.240 e. The number of aromatic nitrogens is 1. The monoisotopic (exact) mass is 341 g/mol. The van der Waals surface area contributed by atoms with Crippen molar-refractivity contribution in [2.45, 2.75) is 19.3 Å². The molecule has 1 aliphatic rings. The molecule has 0 atom stereocenters. The number of likely N-dealkylation sites (N-methyl/N-ethyl adjacent to an activating group) is 1. The molecule has 0 radical (unpaired) electrons. The summed E-state index contributed by atoms with van der Waals surface area (Å²) in [5.41, 5.74) is 0.437. The van der Waals surface area contributed by atoms with Gasteiger partial charge >= 0.3 is 0 Å². The largest absolute Gasteiger partial charge is 0.344 e. The number of hydrogen-bond acceptors (Lipinski definition) is 3. The van der Waals surface area contributed by atoms with Gasteiger partial charge in [-0.3, -0.25) is 14.6 Å². The van der Waals surface area contributed by atoms with Crippen molar-refractivity contribution in [2.24, 2.45) is 5.41 Å². The molecule has 1 aromatic heterocycles. The fourth-order valence-electron chi connectivity index (χ4n) is 2.79. The second-order valence-electron chi connectivity index (χ2n) is 6.38. The smallest absolute Gasteiger partial charge is 0.240 e. The zero-order valence-corrected chi connectivity index (χ0v) is 14.0. The molecule has 25 heavy (non-hydrogen) atoms. The van der Waals surface area contributed by atoms with Crippen LogP contribution in [0.4, 0.5) is 10.1 Å². The second-order valence-corrected chi connectivity index (χ2v) is 6.38. The summed E-state index contributed by atoms with van der Waals surface area (Å²) in [5.74, 6) is -0.974. The van der Waals surface area contributed by atoms with Crippen LogP contribution in [0.1, 0.15) is 18.4 Å². The molecule has 1 aromatic carbocycles. The lowest BCUT2D eigenvalue weighted by Crippen LogP contribution is -2.41. The highest BCUT2D eigenvalue weighted by Gasteiger charge is 2.57. The number of nitrogens with zero attached hydrogens (tertiary/aromatic N) is 2. The molecule has 6 heteroatoms. The van der Waals surface area contributed by atoms with Crippen LogP contribution in [0.15, 0.2) is 48.8 Å². The molecule has 3 rings (SSSR count). The Hall–Kier alpha value is -2.76. The fourth-order valence-corrected chi connectivity index (χ4v) is 2.79. The van der Waals surface area contributed by atoms with E-state index in [0.29, 0.717) is 31.5 Å². The van der Waals surface area contributed by atoms with E-state index in [-0.39, 0.29) is 11.8 Å². The van der Waals surface area contributed by atoms with Crippen molar-refractivity contribution in [1.82, 2.24) is 9.88 Å². The van der Waals surface area contributed by atoms with Gasteiger partial charge < -0.3 is 10.2 Å². The fraction of sp³-hybridized carbons (Fsp3) is 0.316. The summed E-state index contributed by atoms with van der Waals surface area (Å²) >= 11 is 0. The zero-order chi connectivity index (χ0) is 17.9. The summed E-state index contributed by atoms with van der Waals surface area (Å²) in [5, 5.41) is 2.66. The van der Waals surface area contributed by atoms with E-state index in [1.54, 1.807) is 30.4 Å². The standard InChI is InChI=1S/C19H20FN3O2/c1-23(12-7-14-5-10-21-11-6-14)18(25)19(8-9-19)17(24)22-16-4-2-3-15(20)13-16/h2-6,10-11,13H,7-9,12H2,1H3,(H,22,24). The van der Waals surface area contributed by atoms with Crippen molar-refractivity contribution < 1.29 is 14.0 Å². The van der Waals surface area contributed by atoms with Gasteiger partial charge in [-0.15, -0.1) is 0 Å². The molecule has 0 unspecified atom stereocenters. The second kappa shape index (κ2) is 7.01. The lowest BCUT2D eigenvalue weighted by Gasteiger charge is -2.23. The number of hydrogen-bond donors (Lipinski definition) is 1. The third-order valence-electron chi connectivity index (χ3n) is 4.51. The summed E-state index contributed by atoms with van der Waals surface area (Å²) in [6.07, 6.45) is 5.17. The lowest BCUT2D eigenvalue weighted by molar-refractivity contribution is -0.141. The Morgan fingerprint density at radius 3 is 2.60 bits per heavy atom. The third-order valence-corrected chi connectivity index (χ3v) is 4.51. The molecule has 2 aromatic rings. The molecule has 2 amide bonds. The number of rotatable bonds is 6. The predicted octanol–water partition coefficient (Wildman–Crippen LogP) is 2.64. The Labute approximate surface area is 145 Å². The number of nitrogens with one attached hydrogen (secondary N) is 1. The molecular formula is C19H20FN3O2. The Kier molecular flexibility index (Phi) is 4.79. The zero-order valence-electron chi connectivity index (χ0n) is 14.0. The van der Waals surface area contributed by atoms with Gasteiger partial charge in [0, 0.05) is 31.7 Å². The van der Waals surface area contributed by atoms with E-state index in [4.69, 9.17) is 0 Å². The summed E-state index contributed by atoms with van der Waals surface area (Å²) in [7, 11) is 1.71. The van der Waals surface area contributed by atoms with Gasteiger partial charge in [-0.05, 0) is 55.2 Å². The third kappa shape index (κ3) is 3.84.